The second-order valence-electron chi connectivity index (χ2n) is 8.45. The van der Waals surface area contributed by atoms with Crippen LogP contribution in [0.3, 0.4) is 0 Å². The predicted molar refractivity (Wildman–Crippen MR) is 115 cm³/mol. The molecule has 5 heteroatoms. The van der Waals surface area contributed by atoms with E-state index in [1.54, 1.807) is 6.07 Å². The third-order valence-electron chi connectivity index (χ3n) is 6.36. The van der Waals surface area contributed by atoms with Crippen molar-refractivity contribution in [2.24, 2.45) is 7.05 Å². The standard InChI is InChI=1S/C24H28FN3O/c1-15-6-8-17(9-7-15)20-13-28(14-22(20)26(3)4)24(29)23-16(2)19-12-18(25)10-11-21(19)27(23)5/h6-12,20,22H,13-14H2,1-5H3. The highest BCUT2D eigenvalue weighted by Crippen LogP contribution is 2.33. The van der Waals surface area contributed by atoms with Gasteiger partial charge in [-0.05, 0) is 57.3 Å². The second-order valence-corrected chi connectivity index (χ2v) is 8.45. The van der Waals surface area contributed by atoms with Crippen LogP contribution in [-0.4, -0.2) is 53.5 Å². The molecule has 1 aliphatic heterocycles. The minimum Gasteiger partial charge on any atom is -0.339 e. The summed E-state index contributed by atoms with van der Waals surface area (Å²) >= 11 is 0. The summed E-state index contributed by atoms with van der Waals surface area (Å²) in [5, 5.41) is 0.800. The average Bonchev–Trinajstić information content (AvgIpc) is 3.23. The van der Waals surface area contributed by atoms with E-state index < -0.39 is 0 Å². The lowest BCUT2D eigenvalue weighted by atomic mass is 9.93. The van der Waals surface area contributed by atoms with Crippen molar-refractivity contribution in [1.82, 2.24) is 14.4 Å². The van der Waals surface area contributed by atoms with Gasteiger partial charge in [0.25, 0.3) is 5.91 Å². The third kappa shape index (κ3) is 3.33. The highest BCUT2D eigenvalue weighted by atomic mass is 19.1. The smallest absolute Gasteiger partial charge is 0.270 e. The molecule has 1 amide bonds. The zero-order valence-corrected chi connectivity index (χ0v) is 17.7. The van der Waals surface area contributed by atoms with Gasteiger partial charge in [0.2, 0.25) is 0 Å². The Bertz CT molecular complexity index is 1070. The number of aryl methyl sites for hydroxylation is 3. The number of likely N-dealkylation sites (N-methyl/N-ethyl adjacent to an activating group) is 1. The summed E-state index contributed by atoms with van der Waals surface area (Å²) in [5.74, 6) is 0.00327. The van der Waals surface area contributed by atoms with Gasteiger partial charge in [-0.3, -0.25) is 4.79 Å². The van der Waals surface area contributed by atoms with E-state index in [0.717, 1.165) is 16.5 Å². The van der Waals surface area contributed by atoms with Crippen LogP contribution in [0.5, 0.6) is 0 Å². The maximum atomic E-state index is 13.8. The molecule has 2 heterocycles. The van der Waals surface area contributed by atoms with Gasteiger partial charge in [-0.2, -0.15) is 0 Å². The average molecular weight is 394 g/mol. The Labute approximate surface area is 171 Å². The van der Waals surface area contributed by atoms with Gasteiger partial charge in [0.05, 0.1) is 0 Å². The number of rotatable bonds is 3. The van der Waals surface area contributed by atoms with Crippen LogP contribution < -0.4 is 0 Å². The number of carbonyl (C=O) groups is 1. The second kappa shape index (κ2) is 7.30. The van der Waals surface area contributed by atoms with Crippen LogP contribution in [0.1, 0.15) is 33.1 Å². The first kappa shape index (κ1) is 19.6. The topological polar surface area (TPSA) is 28.5 Å². The molecule has 29 heavy (non-hydrogen) atoms. The molecule has 2 atom stereocenters. The first-order valence-corrected chi connectivity index (χ1v) is 10.0. The van der Waals surface area contributed by atoms with Gasteiger partial charge in [0.15, 0.2) is 0 Å². The van der Waals surface area contributed by atoms with Crippen LogP contribution in [-0.2, 0) is 7.05 Å². The number of amides is 1. The van der Waals surface area contributed by atoms with Crippen LogP contribution in [0.15, 0.2) is 42.5 Å². The zero-order chi connectivity index (χ0) is 20.9. The fraction of sp³-hybridized carbons (Fsp3) is 0.375. The molecule has 2 aromatic carbocycles. The van der Waals surface area contributed by atoms with Crippen LogP contribution in [0, 0.1) is 19.7 Å². The van der Waals surface area contributed by atoms with Crippen molar-refractivity contribution in [3.05, 3.63) is 70.7 Å². The quantitative estimate of drug-likeness (QED) is 0.670. The van der Waals surface area contributed by atoms with Crippen molar-refractivity contribution in [2.75, 3.05) is 27.2 Å². The first-order chi connectivity index (χ1) is 13.8. The molecular weight excluding hydrogens is 365 g/mol. The summed E-state index contributed by atoms with van der Waals surface area (Å²) in [6.07, 6.45) is 0. The lowest BCUT2D eigenvalue weighted by molar-refractivity contribution is 0.0772. The highest BCUT2D eigenvalue weighted by Gasteiger charge is 2.38. The molecule has 0 bridgehead atoms. The molecule has 0 N–H and O–H groups in total. The number of aromatic nitrogens is 1. The molecule has 0 aliphatic carbocycles. The van der Waals surface area contributed by atoms with Gasteiger partial charge in [-0.25, -0.2) is 4.39 Å². The summed E-state index contributed by atoms with van der Waals surface area (Å²) in [6.45, 7) is 5.36. The highest BCUT2D eigenvalue weighted by molar-refractivity contribution is 6.01. The van der Waals surface area contributed by atoms with E-state index in [4.69, 9.17) is 0 Å². The number of benzene rings is 2. The Morgan fingerprint density at radius 1 is 1.07 bits per heavy atom. The number of hydrogen-bond acceptors (Lipinski definition) is 2. The summed E-state index contributed by atoms with van der Waals surface area (Å²) in [6, 6.07) is 13.6. The van der Waals surface area contributed by atoms with Crippen molar-refractivity contribution in [3.63, 3.8) is 0 Å². The van der Waals surface area contributed by atoms with Gasteiger partial charge in [-0.1, -0.05) is 29.8 Å². The van der Waals surface area contributed by atoms with E-state index in [9.17, 15) is 9.18 Å². The van der Waals surface area contributed by atoms with Crippen LogP contribution >= 0.6 is 0 Å². The van der Waals surface area contributed by atoms with Crippen molar-refractivity contribution < 1.29 is 9.18 Å². The fourth-order valence-electron chi connectivity index (χ4n) is 4.67. The number of fused-ring (bicyclic) bond motifs is 1. The molecule has 0 spiro atoms. The Morgan fingerprint density at radius 2 is 1.76 bits per heavy atom. The summed E-state index contributed by atoms with van der Waals surface area (Å²) in [5.41, 5.74) is 4.87. The maximum absolute atomic E-state index is 13.8. The van der Waals surface area contributed by atoms with Gasteiger partial charge in [-0.15, -0.1) is 0 Å². The van der Waals surface area contributed by atoms with Crippen LogP contribution in [0.25, 0.3) is 10.9 Å². The van der Waals surface area contributed by atoms with Crippen LogP contribution in [0.2, 0.25) is 0 Å². The monoisotopic (exact) mass is 393 g/mol. The van der Waals surface area contributed by atoms with Crippen molar-refractivity contribution in [1.29, 1.82) is 0 Å². The van der Waals surface area contributed by atoms with E-state index in [0.29, 0.717) is 18.8 Å². The van der Waals surface area contributed by atoms with E-state index in [1.807, 2.05) is 23.4 Å². The summed E-state index contributed by atoms with van der Waals surface area (Å²) in [4.78, 5) is 17.7. The molecule has 3 aromatic rings. The number of carbonyl (C=O) groups excluding carboxylic acids is 1. The minimum atomic E-state index is -0.279. The number of likely N-dealkylation sites (tertiary alicyclic amines) is 1. The molecule has 2 unspecified atom stereocenters. The largest absolute Gasteiger partial charge is 0.339 e. The molecule has 4 rings (SSSR count). The molecule has 1 aromatic heterocycles. The molecule has 152 valence electrons. The summed E-state index contributed by atoms with van der Waals surface area (Å²) < 4.78 is 15.7. The Kier molecular flexibility index (Phi) is 4.95. The van der Waals surface area contributed by atoms with Gasteiger partial charge in [0, 0.05) is 43.0 Å². The molecule has 1 aliphatic rings. The van der Waals surface area contributed by atoms with Crippen LogP contribution in [0.4, 0.5) is 4.39 Å². The predicted octanol–water partition coefficient (Wildman–Crippen LogP) is 4.10. The number of nitrogens with zero attached hydrogens (tertiary/aromatic N) is 3. The molecule has 1 fully saturated rings. The lowest BCUT2D eigenvalue weighted by Crippen LogP contribution is -2.36. The van der Waals surface area contributed by atoms with Gasteiger partial charge >= 0.3 is 0 Å². The van der Waals surface area contributed by atoms with E-state index in [1.165, 1.54) is 23.3 Å². The normalized spacial score (nSPS) is 19.5. The Morgan fingerprint density at radius 3 is 2.41 bits per heavy atom. The zero-order valence-electron chi connectivity index (χ0n) is 17.7. The molecule has 0 radical (unpaired) electrons. The third-order valence-corrected chi connectivity index (χ3v) is 6.36. The SMILES string of the molecule is Cc1ccc(C2CN(C(=O)c3c(C)c4cc(F)ccc4n3C)CC2N(C)C)cc1. The minimum absolute atomic E-state index is 0.0167. The lowest BCUT2D eigenvalue weighted by Gasteiger charge is -2.25. The van der Waals surface area contributed by atoms with E-state index >= 15 is 0 Å². The Balaban J connectivity index is 1.69. The molecule has 1 saturated heterocycles. The fourth-order valence-corrected chi connectivity index (χ4v) is 4.67. The van der Waals surface area contributed by atoms with E-state index in [-0.39, 0.29) is 23.7 Å². The van der Waals surface area contributed by atoms with Crippen molar-refractivity contribution in [3.8, 4) is 0 Å². The molecule has 0 saturated carbocycles. The number of halogens is 1. The summed E-state index contributed by atoms with van der Waals surface area (Å²) in [7, 11) is 6.03. The molecule has 4 nitrogen and oxygen atoms in total. The number of hydrogen-bond donors (Lipinski definition) is 0. The van der Waals surface area contributed by atoms with Gasteiger partial charge in [0.1, 0.15) is 11.5 Å². The van der Waals surface area contributed by atoms with Gasteiger partial charge < -0.3 is 14.4 Å². The first-order valence-electron chi connectivity index (χ1n) is 10.0. The van der Waals surface area contributed by atoms with E-state index in [2.05, 4.69) is 50.2 Å². The molecular formula is C24H28FN3O. The van der Waals surface area contributed by atoms with Crippen molar-refractivity contribution in [2.45, 2.75) is 25.8 Å². The Hall–Kier alpha value is -2.66. The van der Waals surface area contributed by atoms with Crippen molar-refractivity contribution >= 4 is 16.8 Å². The maximum Gasteiger partial charge on any atom is 0.270 e.